The largest absolute Gasteiger partial charge is 0.342 e. The minimum Gasteiger partial charge on any atom is -0.342 e. The summed E-state index contributed by atoms with van der Waals surface area (Å²) in [6.07, 6.45) is 0.570. The van der Waals surface area contributed by atoms with Gasteiger partial charge >= 0.3 is 0 Å². The average molecular weight is 220 g/mol. The van der Waals surface area contributed by atoms with Crippen molar-refractivity contribution >= 4 is 23.1 Å². The zero-order valence-electron chi connectivity index (χ0n) is 8.07. The third-order valence-corrected chi connectivity index (χ3v) is 2.77. The monoisotopic (exact) mass is 219 g/mol. The van der Waals surface area contributed by atoms with Gasteiger partial charge in [0.25, 0.3) is 0 Å². The summed E-state index contributed by atoms with van der Waals surface area (Å²) in [4.78, 5) is 3.23. The van der Waals surface area contributed by atoms with Crippen molar-refractivity contribution in [1.29, 1.82) is 5.26 Å². The minimum absolute atomic E-state index is 0.554. The van der Waals surface area contributed by atoms with Crippen molar-refractivity contribution in [3.63, 3.8) is 0 Å². The van der Waals surface area contributed by atoms with Crippen LogP contribution in [0, 0.1) is 11.3 Å². The molecule has 1 aromatic rings. The van der Waals surface area contributed by atoms with Crippen molar-refractivity contribution in [2.45, 2.75) is 11.3 Å². The number of halogens is 1. The van der Waals surface area contributed by atoms with Crippen molar-refractivity contribution in [2.24, 2.45) is 4.99 Å². The van der Waals surface area contributed by atoms with E-state index in [2.05, 4.69) is 16.4 Å². The molecule has 0 aliphatic carbocycles. The number of alkyl halides is 1. The molecule has 1 aromatic carbocycles. The van der Waals surface area contributed by atoms with Crippen LogP contribution in [0.2, 0.25) is 0 Å². The predicted molar refractivity (Wildman–Crippen MR) is 61.2 cm³/mol. The van der Waals surface area contributed by atoms with Gasteiger partial charge in [-0.05, 0) is 12.1 Å². The summed E-state index contributed by atoms with van der Waals surface area (Å²) in [7, 11) is 0. The van der Waals surface area contributed by atoms with Gasteiger partial charge < -0.3 is 5.32 Å². The normalized spacial score (nSPS) is 24.4. The summed E-state index contributed by atoms with van der Waals surface area (Å²) in [5.41, 5.74) is 0.901. The quantitative estimate of drug-likeness (QED) is 0.738. The Balaban J connectivity index is 2.18. The van der Waals surface area contributed by atoms with E-state index in [1.54, 1.807) is 0 Å². The van der Waals surface area contributed by atoms with Crippen LogP contribution in [0.4, 0.5) is 5.69 Å². The number of nitriles is 1. The smallest absolute Gasteiger partial charge is 0.189 e. The number of nitrogens with one attached hydrogen (secondary N) is 1. The molecule has 1 aliphatic rings. The molecule has 0 amide bonds. The third kappa shape index (κ3) is 1.95. The van der Waals surface area contributed by atoms with Gasteiger partial charge in [0.1, 0.15) is 5.84 Å². The Bertz CT molecular complexity index is 421. The maximum Gasteiger partial charge on any atom is 0.189 e. The number of amidine groups is 1. The minimum atomic E-state index is -0.976. The van der Waals surface area contributed by atoms with E-state index in [1.807, 2.05) is 30.3 Å². The molecule has 1 heterocycles. The molecule has 1 N–H and O–H groups in total. The second kappa shape index (κ2) is 3.92. The fourth-order valence-corrected chi connectivity index (χ4v) is 1.66. The topological polar surface area (TPSA) is 48.2 Å². The van der Waals surface area contributed by atoms with Crippen LogP contribution in [0.5, 0.6) is 0 Å². The Kier molecular flexibility index (Phi) is 2.61. The van der Waals surface area contributed by atoms with Crippen LogP contribution in [0.3, 0.4) is 0 Å². The molecule has 0 aromatic heterocycles. The third-order valence-electron chi connectivity index (χ3n) is 2.32. The van der Waals surface area contributed by atoms with Gasteiger partial charge in [-0.25, -0.2) is 0 Å². The van der Waals surface area contributed by atoms with E-state index in [0.717, 1.165) is 5.69 Å². The number of aliphatic imine (C=N–C) groups is 1. The highest BCUT2D eigenvalue weighted by molar-refractivity contribution is 6.40. The fraction of sp³-hybridized carbons (Fsp3) is 0.273. The number of nitrogens with zero attached hydrogens (tertiary/aromatic N) is 2. The molecule has 0 bridgehead atoms. The molecule has 0 radical (unpaired) electrons. The van der Waals surface area contributed by atoms with Gasteiger partial charge in [-0.3, -0.25) is 4.99 Å². The summed E-state index contributed by atoms with van der Waals surface area (Å²) in [5.74, 6) is 0.554. The highest BCUT2D eigenvalue weighted by Gasteiger charge is 2.37. The summed E-state index contributed by atoms with van der Waals surface area (Å²) < 4.78 is 0. The molecule has 2 rings (SSSR count). The number of hydrogen-bond donors (Lipinski definition) is 1. The second-order valence-corrected chi connectivity index (χ2v) is 4.03. The Hall–Kier alpha value is -1.53. The zero-order valence-corrected chi connectivity index (χ0v) is 8.83. The van der Waals surface area contributed by atoms with E-state index in [9.17, 15) is 0 Å². The van der Waals surface area contributed by atoms with Gasteiger partial charge in [-0.15, -0.1) is 0 Å². The number of rotatable bonds is 1. The lowest BCUT2D eigenvalue weighted by atomic mass is 10.1. The lowest BCUT2D eigenvalue weighted by molar-refractivity contribution is 0.860. The lowest BCUT2D eigenvalue weighted by Gasteiger charge is -2.15. The van der Waals surface area contributed by atoms with Crippen LogP contribution >= 0.6 is 11.6 Å². The van der Waals surface area contributed by atoms with E-state index >= 15 is 0 Å². The molecular weight excluding hydrogens is 210 g/mol. The molecule has 15 heavy (non-hydrogen) atoms. The van der Waals surface area contributed by atoms with Crippen LogP contribution in [0.25, 0.3) is 0 Å². The maximum atomic E-state index is 8.97. The van der Waals surface area contributed by atoms with E-state index in [4.69, 9.17) is 16.9 Å². The van der Waals surface area contributed by atoms with Crippen LogP contribution < -0.4 is 5.32 Å². The molecular formula is C11H10ClN3. The van der Waals surface area contributed by atoms with E-state index < -0.39 is 4.87 Å². The number of hydrogen-bond acceptors (Lipinski definition) is 3. The highest BCUT2D eigenvalue weighted by Crippen LogP contribution is 2.27. The first-order valence-corrected chi connectivity index (χ1v) is 5.09. The average Bonchev–Trinajstić information content (AvgIpc) is 2.63. The molecule has 0 saturated heterocycles. The van der Waals surface area contributed by atoms with Crippen LogP contribution in [-0.2, 0) is 0 Å². The van der Waals surface area contributed by atoms with Crippen molar-refractivity contribution in [1.82, 2.24) is 0 Å². The Labute approximate surface area is 93.4 Å². The molecule has 4 heteroatoms. The molecule has 1 aliphatic heterocycles. The summed E-state index contributed by atoms with van der Waals surface area (Å²) in [6.45, 7) is 0.603. The Morgan fingerprint density at radius 1 is 1.40 bits per heavy atom. The highest BCUT2D eigenvalue weighted by atomic mass is 35.5. The first kappa shape index (κ1) is 10.0. The van der Waals surface area contributed by atoms with Crippen molar-refractivity contribution < 1.29 is 0 Å². The molecule has 76 valence electrons. The van der Waals surface area contributed by atoms with E-state index in [-0.39, 0.29) is 0 Å². The summed E-state index contributed by atoms with van der Waals surface area (Å²) >= 11 is 6.12. The van der Waals surface area contributed by atoms with Gasteiger partial charge in [0.15, 0.2) is 4.87 Å². The van der Waals surface area contributed by atoms with Gasteiger partial charge in [0.05, 0.1) is 6.07 Å². The molecule has 1 unspecified atom stereocenters. The number of anilines is 1. The SMILES string of the molecule is N#CC1(Cl)CCN=C1Nc1ccccc1. The lowest BCUT2D eigenvalue weighted by Crippen LogP contribution is -2.32. The molecule has 0 fully saturated rings. The van der Waals surface area contributed by atoms with Crippen molar-refractivity contribution in [3.05, 3.63) is 30.3 Å². The first-order valence-electron chi connectivity index (χ1n) is 4.72. The molecule has 0 saturated carbocycles. The predicted octanol–water partition coefficient (Wildman–Crippen LogP) is 2.40. The van der Waals surface area contributed by atoms with E-state index in [0.29, 0.717) is 18.8 Å². The summed E-state index contributed by atoms with van der Waals surface area (Å²) in [5, 5.41) is 12.0. The van der Waals surface area contributed by atoms with Crippen LogP contribution in [0.1, 0.15) is 6.42 Å². The first-order chi connectivity index (χ1) is 7.24. The summed E-state index contributed by atoms with van der Waals surface area (Å²) in [6, 6.07) is 11.7. The Morgan fingerprint density at radius 2 is 2.13 bits per heavy atom. The Morgan fingerprint density at radius 3 is 2.80 bits per heavy atom. The number of para-hydroxylation sites is 1. The molecule has 0 spiro atoms. The molecule has 3 nitrogen and oxygen atoms in total. The van der Waals surface area contributed by atoms with Gasteiger partial charge in [0, 0.05) is 18.7 Å². The van der Waals surface area contributed by atoms with Gasteiger partial charge in [-0.2, -0.15) is 5.26 Å². The second-order valence-electron chi connectivity index (χ2n) is 3.38. The van der Waals surface area contributed by atoms with E-state index in [1.165, 1.54) is 0 Å². The van der Waals surface area contributed by atoms with Crippen molar-refractivity contribution in [2.75, 3.05) is 11.9 Å². The zero-order chi connectivity index (χ0) is 10.7. The van der Waals surface area contributed by atoms with Gasteiger partial charge in [-0.1, -0.05) is 29.8 Å². The number of benzene rings is 1. The standard InChI is InChI=1S/C11H10ClN3/c12-11(8-13)6-7-14-10(11)15-9-4-2-1-3-5-9/h1-5H,6-7H2,(H,14,15). The van der Waals surface area contributed by atoms with Crippen LogP contribution in [-0.4, -0.2) is 17.3 Å². The fourth-order valence-electron chi connectivity index (χ4n) is 1.47. The molecule has 1 atom stereocenters. The van der Waals surface area contributed by atoms with Gasteiger partial charge in [0.2, 0.25) is 0 Å². The maximum absolute atomic E-state index is 8.97. The van der Waals surface area contributed by atoms with Crippen LogP contribution in [0.15, 0.2) is 35.3 Å². The van der Waals surface area contributed by atoms with Crippen molar-refractivity contribution in [3.8, 4) is 6.07 Å².